The van der Waals surface area contributed by atoms with Crippen LogP contribution in [-0.2, 0) is 65.3 Å². The van der Waals surface area contributed by atoms with Crippen LogP contribution in [0.4, 0.5) is 39.5 Å². The number of nitrogens with one attached hydrogen (secondary N) is 6. The molecule has 6 aromatic carbocycles. The van der Waals surface area contributed by atoms with Crippen LogP contribution in [0, 0.1) is 54.8 Å². The summed E-state index contributed by atoms with van der Waals surface area (Å²) >= 11 is 0. The number of nitriles is 3. The van der Waals surface area contributed by atoms with E-state index in [4.69, 9.17) is 0 Å². The number of aromatic nitrogens is 3. The van der Waals surface area contributed by atoms with Gasteiger partial charge in [0.15, 0.2) is 0 Å². The maximum absolute atomic E-state index is 14.1. The minimum Gasteiger partial charge on any atom is -0.355 e. The number of amides is 6. The van der Waals surface area contributed by atoms with Gasteiger partial charge in [-0.2, -0.15) is 55.3 Å². The highest BCUT2D eigenvalue weighted by Crippen LogP contribution is 2.35. The van der Waals surface area contributed by atoms with Crippen LogP contribution in [0.3, 0.4) is 0 Å². The molecule has 0 aliphatic rings. The van der Waals surface area contributed by atoms with E-state index < -0.39 is 175 Å². The monoisotopic (exact) mass is 1640 g/mol. The first-order valence-electron chi connectivity index (χ1n) is 34.5. The second-order valence-corrected chi connectivity index (χ2v) is 29.6. The third-order valence-corrected chi connectivity index (χ3v) is 22.1. The van der Waals surface area contributed by atoms with Gasteiger partial charge in [-0.3, -0.25) is 61.8 Å². The Balaban J connectivity index is 0.871. The maximum Gasteiger partial charge on any atom is 0.416 e. The number of carbonyl (C=O) groups excluding carboxylic acids is 6. The number of rotatable bonds is 30. The molecule has 0 aliphatic heterocycles. The zero-order valence-corrected chi connectivity index (χ0v) is 63.2. The van der Waals surface area contributed by atoms with Crippen LogP contribution in [0.15, 0.2) is 208 Å². The van der Waals surface area contributed by atoms with Crippen LogP contribution in [0.25, 0.3) is 17.1 Å². The Labute approximate surface area is 655 Å². The van der Waals surface area contributed by atoms with E-state index in [1.54, 1.807) is 4.90 Å². The Morgan fingerprint density at radius 1 is 0.365 bits per heavy atom. The van der Waals surface area contributed by atoms with E-state index in [0.717, 1.165) is 68.3 Å². The van der Waals surface area contributed by atoms with Crippen molar-refractivity contribution >= 4 is 67.8 Å². The van der Waals surface area contributed by atoms with E-state index in [0.29, 0.717) is 18.2 Å². The lowest BCUT2D eigenvalue weighted by molar-refractivity contribution is -0.138. The van der Waals surface area contributed by atoms with Gasteiger partial charge in [0.1, 0.15) is 16.7 Å². The second kappa shape index (κ2) is 37.7. The molecule has 596 valence electrons. The first-order chi connectivity index (χ1) is 54.5. The lowest BCUT2D eigenvalue weighted by Crippen LogP contribution is -2.44. The van der Waals surface area contributed by atoms with E-state index in [9.17, 15) is 111 Å². The molecule has 0 saturated heterocycles. The van der Waals surface area contributed by atoms with Crippen molar-refractivity contribution in [2.45, 2.75) is 87.9 Å². The summed E-state index contributed by atoms with van der Waals surface area (Å²) in [6.45, 7) is 2.12. The molecule has 3 atom stereocenters. The van der Waals surface area contributed by atoms with Gasteiger partial charge in [0.2, 0.25) is 17.7 Å². The molecule has 0 radical (unpaired) electrons. The Kier molecular flexibility index (Phi) is 28.3. The average molecular weight is 1640 g/mol. The second-order valence-electron chi connectivity index (χ2n) is 25.2. The van der Waals surface area contributed by atoms with Crippen molar-refractivity contribution in [2.24, 2.45) is 0 Å². The molecule has 0 spiro atoms. The SMILES string of the molecule is Cc1c(S(=O)c2ccc(C#N)cc2)cc(C(=O)NCCC(=O)NCCN(CCNC(=O)CCNC(=O)c2cc(S(=O)c3ccc(C#N)cc3)c(C)n(-c3cccc(C(F)(F)F)c3)c2=O)CCNC(=O)CCNC(=O)c2cc(S(=O)c3ccc(C#N)cc3)c(C)n(-c3cccc(C(F)(F)F)c3)c2=O)c(=O)n1-c1cccc(C(F)(F)F)c1. The smallest absolute Gasteiger partial charge is 0.355 e. The summed E-state index contributed by atoms with van der Waals surface area (Å²) < 4.78 is 170. The van der Waals surface area contributed by atoms with Gasteiger partial charge < -0.3 is 31.9 Å². The van der Waals surface area contributed by atoms with Crippen molar-refractivity contribution in [3.05, 3.63) is 262 Å². The molecule has 0 aliphatic carbocycles. The average Bonchev–Trinajstić information content (AvgIpc) is 0.773. The molecule has 6 N–H and O–H groups in total. The quantitative estimate of drug-likeness (QED) is 0.0229. The topological polar surface area (TPSA) is 366 Å². The van der Waals surface area contributed by atoms with Crippen LogP contribution in [0.5, 0.6) is 0 Å². The third kappa shape index (κ3) is 21.5. The molecule has 9 rings (SSSR count). The van der Waals surface area contributed by atoms with Gasteiger partial charge in [-0.05, 0) is 166 Å². The number of alkyl halides is 9. The van der Waals surface area contributed by atoms with Gasteiger partial charge in [-0.1, -0.05) is 18.2 Å². The normalized spacial score (nSPS) is 12.3. The van der Waals surface area contributed by atoms with E-state index in [-0.39, 0.29) is 119 Å². The Hall–Kier alpha value is -12.8. The summed E-state index contributed by atoms with van der Waals surface area (Å²) in [6.07, 6.45) is -15.9. The fourth-order valence-corrected chi connectivity index (χ4v) is 15.3. The fraction of sp³-hybridized carbons (Fsp3) is 0.231. The zero-order chi connectivity index (χ0) is 83.8. The number of hydrogen-bond acceptors (Lipinski definition) is 16. The highest BCUT2D eigenvalue weighted by molar-refractivity contribution is 7.85. The number of halogens is 9. The van der Waals surface area contributed by atoms with Gasteiger partial charge in [0.05, 0.1) is 98.7 Å². The number of carbonyl (C=O) groups is 6. The standard InChI is InChI=1S/C78H66F9N13O12S3/c1-46-64(113(110)58-19-13-49(43-88)14-20-58)40-61(73(107)98(46)55-10-4-7-52(37-55)76(79,80)81)70(104)94-28-25-67(101)91-31-34-97(35-32-92-68(102)26-29-95-71(105)62-41-65(114(111)59-21-15-50(44-89)16-22-59)47(2)99(74(62)108)56-11-5-8-53(38-56)77(82,83)84)36-33-93-69(103)27-30-96-72(106)63-42-66(115(112)60-23-17-51(45-90)18-24-60)48(3)100(75(63)109)57-12-6-9-54(39-57)78(85,86)87/h4-24,37-42H,25-36H2,1-3H3,(H,91,101)(H,92,102)(H,93,103)(H,94,104)(H,95,105)(H,96,106). The third-order valence-electron chi connectivity index (χ3n) is 17.6. The molecule has 0 saturated carbocycles. The predicted octanol–water partition coefficient (Wildman–Crippen LogP) is 8.65. The lowest BCUT2D eigenvalue weighted by atomic mass is 10.1. The van der Waals surface area contributed by atoms with Crippen LogP contribution in [0.1, 0.15) is 101 Å². The van der Waals surface area contributed by atoms with Crippen molar-refractivity contribution < 1.29 is 80.9 Å². The Morgan fingerprint density at radius 3 is 0.835 bits per heavy atom. The fourth-order valence-electron chi connectivity index (χ4n) is 11.6. The molecule has 37 heteroatoms. The molecule has 0 bridgehead atoms. The number of hydrogen-bond donors (Lipinski definition) is 6. The Morgan fingerprint density at radius 2 is 0.609 bits per heavy atom. The first-order valence-corrected chi connectivity index (χ1v) is 37.9. The summed E-state index contributed by atoms with van der Waals surface area (Å²) in [5.74, 6) is -5.34. The largest absolute Gasteiger partial charge is 0.416 e. The molecule has 3 unspecified atom stereocenters. The van der Waals surface area contributed by atoms with Crippen LogP contribution in [0.2, 0.25) is 0 Å². The molecule has 0 fully saturated rings. The van der Waals surface area contributed by atoms with Crippen molar-refractivity contribution in [2.75, 3.05) is 58.9 Å². The highest BCUT2D eigenvalue weighted by atomic mass is 32.2. The van der Waals surface area contributed by atoms with Crippen LogP contribution in [-0.4, -0.2) is 126 Å². The number of nitrogens with zero attached hydrogens (tertiary/aromatic N) is 7. The van der Waals surface area contributed by atoms with Crippen LogP contribution >= 0.6 is 0 Å². The summed E-state index contributed by atoms with van der Waals surface area (Å²) in [4.78, 5) is 126. The summed E-state index contributed by atoms with van der Waals surface area (Å²) in [5, 5.41) is 43.2. The number of pyridine rings is 3. The summed E-state index contributed by atoms with van der Waals surface area (Å²) in [6, 6.07) is 35.9. The van der Waals surface area contributed by atoms with Gasteiger partial charge >= 0.3 is 18.5 Å². The summed E-state index contributed by atoms with van der Waals surface area (Å²) in [5.41, 5.74) is -9.37. The molecule has 115 heavy (non-hydrogen) atoms. The van der Waals surface area contributed by atoms with Crippen LogP contribution < -0.4 is 48.6 Å². The van der Waals surface area contributed by atoms with Gasteiger partial charge in [0, 0.05) is 127 Å². The molecule has 3 heterocycles. The first kappa shape index (κ1) is 86.2. The van der Waals surface area contributed by atoms with Gasteiger partial charge in [-0.25, -0.2) is 12.6 Å². The van der Waals surface area contributed by atoms with Gasteiger partial charge in [0.25, 0.3) is 34.4 Å². The molecule has 9 aromatic rings. The molecule has 6 amide bonds. The molecule has 3 aromatic heterocycles. The predicted molar refractivity (Wildman–Crippen MR) is 399 cm³/mol. The highest BCUT2D eigenvalue weighted by Gasteiger charge is 2.35. The maximum atomic E-state index is 14.1. The zero-order valence-electron chi connectivity index (χ0n) is 60.7. The van der Waals surface area contributed by atoms with E-state index in [1.165, 1.54) is 112 Å². The molecular formula is C78H66F9N13O12S3. The van der Waals surface area contributed by atoms with Crippen molar-refractivity contribution in [3.63, 3.8) is 0 Å². The minimum absolute atomic E-state index is 0.0212. The number of benzene rings is 6. The van der Waals surface area contributed by atoms with E-state index >= 15 is 0 Å². The van der Waals surface area contributed by atoms with Crippen molar-refractivity contribution in [1.29, 1.82) is 15.8 Å². The molecule has 25 nitrogen and oxygen atoms in total. The van der Waals surface area contributed by atoms with Crippen molar-refractivity contribution in [3.8, 4) is 35.3 Å². The minimum atomic E-state index is -4.86. The lowest BCUT2D eigenvalue weighted by Gasteiger charge is -2.23. The summed E-state index contributed by atoms with van der Waals surface area (Å²) in [7, 11) is -6.56. The van der Waals surface area contributed by atoms with E-state index in [1.807, 2.05) is 18.2 Å². The van der Waals surface area contributed by atoms with E-state index in [2.05, 4.69) is 31.9 Å². The van der Waals surface area contributed by atoms with Crippen molar-refractivity contribution in [1.82, 2.24) is 50.5 Å². The Bertz CT molecular complexity index is 5130. The molecular weight excluding hydrogens is 1580 g/mol. The van der Waals surface area contributed by atoms with Gasteiger partial charge in [-0.15, -0.1) is 0 Å².